The fourth-order valence-corrected chi connectivity index (χ4v) is 2.51. The van der Waals surface area contributed by atoms with E-state index in [1.807, 2.05) is 0 Å². The number of hydrogen-bond acceptors (Lipinski definition) is 4. The molecular formula is C13H25NO4S. The van der Waals surface area contributed by atoms with Crippen LogP contribution in [0.15, 0.2) is 0 Å². The zero-order chi connectivity index (χ0) is 14.9. The Morgan fingerprint density at radius 3 is 2.26 bits per heavy atom. The van der Waals surface area contributed by atoms with E-state index in [0.717, 1.165) is 19.1 Å². The predicted molar refractivity (Wildman–Crippen MR) is 74.5 cm³/mol. The third-order valence-corrected chi connectivity index (χ3v) is 6.30. The van der Waals surface area contributed by atoms with Crippen LogP contribution < -0.4 is 5.32 Å². The standard InChI is InChI=1S/C13H25NO4S/c1-10-5-7-13(16,8-6-10)9-14-11(15)12(2,3)19(4,17)18/h10,16H,5-9H2,1-4H3,(H,14,15). The Morgan fingerprint density at radius 1 is 1.37 bits per heavy atom. The fourth-order valence-electron chi connectivity index (χ4n) is 2.10. The summed E-state index contributed by atoms with van der Waals surface area (Å²) in [6.07, 6.45) is 4.20. The predicted octanol–water partition coefficient (Wildman–Crippen LogP) is 0.867. The number of carbonyl (C=O) groups is 1. The zero-order valence-electron chi connectivity index (χ0n) is 12.2. The molecule has 1 rings (SSSR count). The lowest BCUT2D eigenvalue weighted by molar-refractivity contribution is -0.124. The first-order valence-electron chi connectivity index (χ1n) is 6.68. The van der Waals surface area contributed by atoms with Crippen molar-refractivity contribution in [1.29, 1.82) is 0 Å². The minimum atomic E-state index is -3.48. The summed E-state index contributed by atoms with van der Waals surface area (Å²) in [4.78, 5) is 12.0. The highest BCUT2D eigenvalue weighted by atomic mass is 32.2. The fraction of sp³-hybridized carbons (Fsp3) is 0.923. The van der Waals surface area contributed by atoms with Crippen LogP contribution >= 0.6 is 0 Å². The van der Waals surface area contributed by atoms with Crippen molar-refractivity contribution in [2.75, 3.05) is 12.8 Å². The summed E-state index contributed by atoms with van der Waals surface area (Å²) in [7, 11) is -3.48. The number of aliphatic hydroxyl groups is 1. The molecule has 0 aromatic rings. The highest BCUT2D eigenvalue weighted by Gasteiger charge is 2.40. The molecule has 0 atom stereocenters. The van der Waals surface area contributed by atoms with Crippen LogP contribution in [0.3, 0.4) is 0 Å². The van der Waals surface area contributed by atoms with Gasteiger partial charge in [0.1, 0.15) is 4.75 Å². The number of hydrogen-bond donors (Lipinski definition) is 2. The first-order chi connectivity index (χ1) is 8.48. The molecule has 0 heterocycles. The van der Waals surface area contributed by atoms with Gasteiger partial charge in [-0.15, -0.1) is 0 Å². The maximum absolute atomic E-state index is 12.0. The van der Waals surface area contributed by atoms with Crippen molar-refractivity contribution in [3.05, 3.63) is 0 Å². The van der Waals surface area contributed by atoms with Gasteiger partial charge in [0, 0.05) is 12.8 Å². The summed E-state index contributed by atoms with van der Waals surface area (Å²) in [6.45, 7) is 5.03. The molecule has 0 bridgehead atoms. The summed E-state index contributed by atoms with van der Waals surface area (Å²) in [6, 6.07) is 0. The third kappa shape index (κ3) is 3.92. The largest absolute Gasteiger partial charge is 0.388 e. The van der Waals surface area contributed by atoms with Crippen LogP contribution in [0, 0.1) is 5.92 Å². The van der Waals surface area contributed by atoms with E-state index in [0.29, 0.717) is 18.8 Å². The van der Waals surface area contributed by atoms with Crippen LogP contribution in [0.1, 0.15) is 46.5 Å². The van der Waals surface area contributed by atoms with Gasteiger partial charge in [-0.3, -0.25) is 4.79 Å². The van der Waals surface area contributed by atoms with Crippen molar-refractivity contribution in [3.8, 4) is 0 Å². The lowest BCUT2D eigenvalue weighted by Gasteiger charge is -2.35. The second-order valence-electron chi connectivity index (χ2n) is 6.37. The van der Waals surface area contributed by atoms with Gasteiger partial charge in [-0.2, -0.15) is 0 Å². The molecule has 0 unspecified atom stereocenters. The van der Waals surface area contributed by atoms with Crippen molar-refractivity contribution in [3.63, 3.8) is 0 Å². The normalized spacial score (nSPS) is 29.0. The van der Waals surface area contributed by atoms with Gasteiger partial charge in [-0.1, -0.05) is 6.92 Å². The molecule has 0 spiro atoms. The number of rotatable bonds is 4. The Balaban J connectivity index is 2.60. The third-order valence-electron chi connectivity index (χ3n) is 4.26. The molecule has 2 N–H and O–H groups in total. The summed E-state index contributed by atoms with van der Waals surface area (Å²) in [5.74, 6) is 0.0467. The summed E-state index contributed by atoms with van der Waals surface area (Å²) in [5, 5.41) is 12.9. The van der Waals surface area contributed by atoms with E-state index in [2.05, 4.69) is 12.2 Å². The molecule has 1 aliphatic rings. The van der Waals surface area contributed by atoms with Gasteiger partial charge in [-0.05, 0) is 45.4 Å². The molecule has 1 saturated carbocycles. The highest BCUT2D eigenvalue weighted by molar-refractivity contribution is 7.92. The first-order valence-corrected chi connectivity index (χ1v) is 8.57. The van der Waals surface area contributed by atoms with Crippen LogP contribution in [-0.2, 0) is 14.6 Å². The number of carbonyl (C=O) groups excluding carboxylic acids is 1. The van der Waals surface area contributed by atoms with E-state index < -0.39 is 26.1 Å². The Kier molecular flexibility index (Phi) is 4.67. The Labute approximate surface area is 115 Å². The Bertz CT molecular complexity index is 434. The highest BCUT2D eigenvalue weighted by Crippen LogP contribution is 2.31. The van der Waals surface area contributed by atoms with Crippen molar-refractivity contribution in [2.45, 2.75) is 56.8 Å². The molecule has 0 aromatic heterocycles. The zero-order valence-corrected chi connectivity index (χ0v) is 13.0. The van der Waals surface area contributed by atoms with Gasteiger partial charge < -0.3 is 10.4 Å². The Hall–Kier alpha value is -0.620. The molecule has 19 heavy (non-hydrogen) atoms. The van der Waals surface area contributed by atoms with Crippen molar-refractivity contribution >= 4 is 15.7 Å². The summed E-state index contributed by atoms with van der Waals surface area (Å²) < 4.78 is 21.6. The van der Waals surface area contributed by atoms with E-state index in [4.69, 9.17) is 0 Å². The second kappa shape index (κ2) is 5.40. The number of sulfone groups is 1. The van der Waals surface area contributed by atoms with Gasteiger partial charge in [0.25, 0.3) is 0 Å². The van der Waals surface area contributed by atoms with Crippen LogP contribution in [0.4, 0.5) is 0 Å². The van der Waals surface area contributed by atoms with Gasteiger partial charge >= 0.3 is 0 Å². The lowest BCUT2D eigenvalue weighted by atomic mass is 9.79. The summed E-state index contributed by atoms with van der Waals surface area (Å²) in [5.41, 5.74) is -0.893. The lowest BCUT2D eigenvalue weighted by Crippen LogP contribution is -2.52. The average Bonchev–Trinajstić information content (AvgIpc) is 2.29. The van der Waals surface area contributed by atoms with Gasteiger partial charge in [0.2, 0.25) is 5.91 Å². The number of amides is 1. The molecule has 1 aliphatic carbocycles. The molecule has 0 aliphatic heterocycles. The van der Waals surface area contributed by atoms with Gasteiger partial charge in [0.05, 0.1) is 5.60 Å². The average molecular weight is 291 g/mol. The van der Waals surface area contributed by atoms with E-state index in [-0.39, 0.29) is 6.54 Å². The van der Waals surface area contributed by atoms with E-state index in [1.54, 1.807) is 0 Å². The van der Waals surface area contributed by atoms with E-state index in [9.17, 15) is 18.3 Å². The van der Waals surface area contributed by atoms with E-state index >= 15 is 0 Å². The maximum Gasteiger partial charge on any atom is 0.240 e. The molecule has 1 fully saturated rings. The second-order valence-corrected chi connectivity index (χ2v) is 8.94. The monoisotopic (exact) mass is 291 g/mol. The molecule has 112 valence electrons. The molecule has 0 aromatic carbocycles. The topological polar surface area (TPSA) is 83.5 Å². The smallest absolute Gasteiger partial charge is 0.240 e. The first kappa shape index (κ1) is 16.4. The Morgan fingerprint density at radius 2 is 1.84 bits per heavy atom. The van der Waals surface area contributed by atoms with Crippen molar-refractivity contribution in [2.24, 2.45) is 5.92 Å². The van der Waals surface area contributed by atoms with Crippen molar-refractivity contribution < 1.29 is 18.3 Å². The molecule has 0 radical (unpaired) electrons. The SMILES string of the molecule is CC1CCC(O)(CNC(=O)C(C)(C)S(C)(=O)=O)CC1. The van der Waals surface area contributed by atoms with Crippen molar-refractivity contribution in [1.82, 2.24) is 5.32 Å². The van der Waals surface area contributed by atoms with Gasteiger partial charge in [-0.25, -0.2) is 8.42 Å². The van der Waals surface area contributed by atoms with Gasteiger partial charge in [0.15, 0.2) is 9.84 Å². The minimum absolute atomic E-state index is 0.123. The maximum atomic E-state index is 12.0. The molecule has 6 heteroatoms. The molecule has 1 amide bonds. The van der Waals surface area contributed by atoms with E-state index in [1.165, 1.54) is 13.8 Å². The number of nitrogens with one attached hydrogen (secondary N) is 1. The molecule has 5 nitrogen and oxygen atoms in total. The van der Waals surface area contributed by atoms with Crippen LogP contribution in [-0.4, -0.2) is 42.6 Å². The van der Waals surface area contributed by atoms with Crippen LogP contribution in [0.5, 0.6) is 0 Å². The molecule has 0 saturated heterocycles. The quantitative estimate of drug-likeness (QED) is 0.805. The minimum Gasteiger partial charge on any atom is -0.388 e. The summed E-state index contributed by atoms with van der Waals surface area (Å²) >= 11 is 0. The molecular weight excluding hydrogens is 266 g/mol. The van der Waals surface area contributed by atoms with Crippen LogP contribution in [0.25, 0.3) is 0 Å². The van der Waals surface area contributed by atoms with Crippen LogP contribution in [0.2, 0.25) is 0 Å².